The van der Waals surface area contributed by atoms with Gasteiger partial charge in [0.2, 0.25) is 0 Å². The van der Waals surface area contributed by atoms with Gasteiger partial charge in [-0.25, -0.2) is 4.79 Å². The topological polar surface area (TPSA) is 41.6 Å². The molecular formula is C16H22N2O2. The first kappa shape index (κ1) is 13.4. The smallest absolute Gasteiger partial charge is 0.410 e. The molecular weight excluding hydrogens is 252 g/mol. The standard InChI is InChI=1S/C16H22N2O2/c1-12-4-3-5-13(8-12)10-18-15(19)20-11-16(18,2)14-6-7-17-9-14/h3-5,8,14,17H,6-7,9-11H2,1-2H3. The van der Waals surface area contributed by atoms with Gasteiger partial charge in [-0.15, -0.1) is 0 Å². The van der Waals surface area contributed by atoms with E-state index in [-0.39, 0.29) is 11.6 Å². The molecule has 2 aliphatic heterocycles. The van der Waals surface area contributed by atoms with Gasteiger partial charge in [-0.1, -0.05) is 29.8 Å². The fraction of sp³-hybridized carbons (Fsp3) is 0.562. The van der Waals surface area contributed by atoms with E-state index in [4.69, 9.17) is 4.74 Å². The molecule has 2 atom stereocenters. The number of carbonyl (C=O) groups excluding carboxylic acids is 1. The molecule has 108 valence electrons. The number of nitrogens with one attached hydrogen (secondary N) is 1. The summed E-state index contributed by atoms with van der Waals surface area (Å²) < 4.78 is 5.36. The highest BCUT2D eigenvalue weighted by molar-refractivity contribution is 5.71. The molecule has 0 aliphatic carbocycles. The molecule has 0 saturated carbocycles. The van der Waals surface area contributed by atoms with E-state index in [1.54, 1.807) is 0 Å². The van der Waals surface area contributed by atoms with Crippen molar-refractivity contribution >= 4 is 6.09 Å². The number of nitrogens with zero attached hydrogens (tertiary/aromatic N) is 1. The van der Waals surface area contributed by atoms with Crippen LogP contribution in [0, 0.1) is 12.8 Å². The Morgan fingerprint density at radius 2 is 2.35 bits per heavy atom. The first-order chi connectivity index (χ1) is 9.59. The molecule has 0 bridgehead atoms. The Morgan fingerprint density at radius 1 is 1.50 bits per heavy atom. The molecule has 3 rings (SSSR count). The Balaban J connectivity index is 1.83. The molecule has 0 spiro atoms. The van der Waals surface area contributed by atoms with Crippen LogP contribution in [0.1, 0.15) is 24.5 Å². The lowest BCUT2D eigenvalue weighted by molar-refractivity contribution is 0.117. The lowest BCUT2D eigenvalue weighted by Crippen LogP contribution is -2.50. The van der Waals surface area contributed by atoms with Crippen LogP contribution in [0.15, 0.2) is 24.3 Å². The molecule has 2 aliphatic rings. The van der Waals surface area contributed by atoms with Gasteiger partial charge in [0.05, 0.1) is 5.54 Å². The third-order valence-electron chi connectivity index (χ3n) is 4.69. The number of cyclic esters (lactones) is 1. The van der Waals surface area contributed by atoms with E-state index >= 15 is 0 Å². The molecule has 0 radical (unpaired) electrons. The van der Waals surface area contributed by atoms with Crippen LogP contribution >= 0.6 is 0 Å². The maximum absolute atomic E-state index is 12.1. The fourth-order valence-corrected chi connectivity index (χ4v) is 3.33. The minimum Gasteiger partial charge on any atom is -0.447 e. The molecule has 1 amide bonds. The third kappa shape index (κ3) is 2.29. The quantitative estimate of drug-likeness (QED) is 0.919. The van der Waals surface area contributed by atoms with Crippen molar-refractivity contribution in [2.75, 3.05) is 19.7 Å². The number of benzene rings is 1. The van der Waals surface area contributed by atoms with Crippen LogP contribution in [-0.2, 0) is 11.3 Å². The molecule has 2 saturated heterocycles. The maximum Gasteiger partial charge on any atom is 0.410 e. The molecule has 2 fully saturated rings. The Hall–Kier alpha value is -1.55. The molecule has 2 heterocycles. The average molecular weight is 274 g/mol. The lowest BCUT2D eigenvalue weighted by Gasteiger charge is -2.37. The van der Waals surface area contributed by atoms with E-state index in [2.05, 4.69) is 37.4 Å². The zero-order chi connectivity index (χ0) is 14.2. The molecule has 1 aromatic carbocycles. The van der Waals surface area contributed by atoms with Crippen LogP contribution in [-0.4, -0.2) is 36.2 Å². The minimum atomic E-state index is -0.190. The molecule has 4 heteroatoms. The van der Waals surface area contributed by atoms with Gasteiger partial charge in [0.25, 0.3) is 0 Å². The summed E-state index contributed by atoms with van der Waals surface area (Å²) in [6, 6.07) is 8.33. The summed E-state index contributed by atoms with van der Waals surface area (Å²) in [4.78, 5) is 14.0. The van der Waals surface area contributed by atoms with Gasteiger partial charge in [0, 0.05) is 13.1 Å². The molecule has 4 nitrogen and oxygen atoms in total. The van der Waals surface area contributed by atoms with Gasteiger partial charge >= 0.3 is 6.09 Å². The van der Waals surface area contributed by atoms with Gasteiger partial charge < -0.3 is 10.1 Å². The van der Waals surface area contributed by atoms with Crippen LogP contribution in [0.4, 0.5) is 4.79 Å². The zero-order valence-corrected chi connectivity index (χ0v) is 12.2. The molecule has 2 unspecified atom stereocenters. The first-order valence-electron chi connectivity index (χ1n) is 7.30. The highest BCUT2D eigenvalue weighted by atomic mass is 16.6. The average Bonchev–Trinajstić information content (AvgIpc) is 3.04. The number of aryl methyl sites for hydroxylation is 1. The molecule has 1 N–H and O–H groups in total. The fourth-order valence-electron chi connectivity index (χ4n) is 3.33. The Labute approximate surface area is 120 Å². The maximum atomic E-state index is 12.1. The molecule has 0 aromatic heterocycles. The predicted molar refractivity (Wildman–Crippen MR) is 77.5 cm³/mol. The first-order valence-corrected chi connectivity index (χ1v) is 7.30. The summed E-state index contributed by atoms with van der Waals surface area (Å²) in [5, 5.41) is 3.39. The van der Waals surface area contributed by atoms with Crippen molar-refractivity contribution in [2.24, 2.45) is 5.92 Å². The summed E-state index contributed by atoms with van der Waals surface area (Å²) in [6.45, 7) is 7.37. The number of hydrogen-bond donors (Lipinski definition) is 1. The van der Waals surface area contributed by atoms with E-state index in [1.165, 1.54) is 11.1 Å². The minimum absolute atomic E-state index is 0.180. The number of rotatable bonds is 3. The highest BCUT2D eigenvalue weighted by Gasteiger charge is 2.49. The summed E-state index contributed by atoms with van der Waals surface area (Å²) in [5.41, 5.74) is 2.20. The second kappa shape index (κ2) is 5.09. The second-order valence-electron chi connectivity index (χ2n) is 6.18. The molecule has 20 heavy (non-hydrogen) atoms. The van der Waals surface area contributed by atoms with Gasteiger partial charge in [0.1, 0.15) is 6.61 Å². The number of carbonyl (C=O) groups is 1. The normalized spacial score (nSPS) is 29.8. The van der Waals surface area contributed by atoms with Crippen molar-refractivity contribution in [3.05, 3.63) is 35.4 Å². The summed E-state index contributed by atoms with van der Waals surface area (Å²) in [6.07, 6.45) is 0.929. The van der Waals surface area contributed by atoms with Crippen molar-refractivity contribution in [1.29, 1.82) is 0 Å². The lowest BCUT2D eigenvalue weighted by atomic mass is 9.84. The van der Waals surface area contributed by atoms with Crippen LogP contribution in [0.2, 0.25) is 0 Å². The van der Waals surface area contributed by atoms with E-state index in [1.807, 2.05) is 11.0 Å². The summed E-state index contributed by atoms with van der Waals surface area (Å²) >= 11 is 0. The summed E-state index contributed by atoms with van der Waals surface area (Å²) in [7, 11) is 0. The van der Waals surface area contributed by atoms with Gasteiger partial charge in [0.15, 0.2) is 0 Å². The van der Waals surface area contributed by atoms with E-state index in [9.17, 15) is 4.79 Å². The largest absolute Gasteiger partial charge is 0.447 e. The third-order valence-corrected chi connectivity index (χ3v) is 4.69. The number of amides is 1. The van der Waals surface area contributed by atoms with Crippen LogP contribution < -0.4 is 5.32 Å². The number of ether oxygens (including phenoxy) is 1. The van der Waals surface area contributed by atoms with Crippen molar-refractivity contribution in [2.45, 2.75) is 32.4 Å². The van der Waals surface area contributed by atoms with Crippen molar-refractivity contribution in [1.82, 2.24) is 10.2 Å². The van der Waals surface area contributed by atoms with Gasteiger partial charge in [-0.3, -0.25) is 4.90 Å². The predicted octanol–water partition coefficient (Wildman–Crippen LogP) is 2.32. The SMILES string of the molecule is Cc1cccc(CN2C(=O)OCC2(C)C2CCNC2)c1. The van der Waals surface area contributed by atoms with E-state index in [0.29, 0.717) is 19.1 Å². The zero-order valence-electron chi connectivity index (χ0n) is 12.2. The Morgan fingerprint density at radius 3 is 3.05 bits per heavy atom. The Bertz CT molecular complexity index is 511. The van der Waals surface area contributed by atoms with Crippen molar-refractivity contribution in [3.8, 4) is 0 Å². The van der Waals surface area contributed by atoms with Gasteiger partial charge in [-0.05, 0) is 38.3 Å². The van der Waals surface area contributed by atoms with E-state index < -0.39 is 0 Å². The van der Waals surface area contributed by atoms with Crippen LogP contribution in [0.3, 0.4) is 0 Å². The molecule has 1 aromatic rings. The second-order valence-corrected chi connectivity index (χ2v) is 6.18. The van der Waals surface area contributed by atoms with Crippen LogP contribution in [0.5, 0.6) is 0 Å². The van der Waals surface area contributed by atoms with E-state index in [0.717, 1.165) is 19.5 Å². The van der Waals surface area contributed by atoms with Crippen molar-refractivity contribution < 1.29 is 9.53 Å². The monoisotopic (exact) mass is 274 g/mol. The Kier molecular flexibility index (Phi) is 3.42. The van der Waals surface area contributed by atoms with Gasteiger partial charge in [-0.2, -0.15) is 0 Å². The number of hydrogen-bond acceptors (Lipinski definition) is 3. The van der Waals surface area contributed by atoms with Crippen LogP contribution in [0.25, 0.3) is 0 Å². The highest BCUT2D eigenvalue weighted by Crippen LogP contribution is 2.36. The summed E-state index contributed by atoms with van der Waals surface area (Å²) in [5.74, 6) is 0.471. The van der Waals surface area contributed by atoms with Crippen molar-refractivity contribution in [3.63, 3.8) is 0 Å².